The summed E-state index contributed by atoms with van der Waals surface area (Å²) in [5, 5.41) is 3.17. The van der Waals surface area contributed by atoms with Gasteiger partial charge in [-0.25, -0.2) is 9.97 Å². The van der Waals surface area contributed by atoms with Crippen molar-refractivity contribution in [3.05, 3.63) is 30.1 Å². The van der Waals surface area contributed by atoms with Crippen LogP contribution >= 0.6 is 0 Å². The van der Waals surface area contributed by atoms with E-state index in [4.69, 9.17) is 10.5 Å². The minimum absolute atomic E-state index is 0.454. The largest absolute Gasteiger partial charge is 0.481 e. The van der Waals surface area contributed by atoms with E-state index in [2.05, 4.69) is 25.2 Å². The van der Waals surface area contributed by atoms with Crippen LogP contribution in [-0.2, 0) is 0 Å². The molecule has 1 saturated heterocycles. The fourth-order valence-corrected chi connectivity index (χ4v) is 4.49. The molecule has 2 aromatic heterocycles. The second-order valence-electron chi connectivity index (χ2n) is 7.97. The van der Waals surface area contributed by atoms with E-state index >= 15 is 0 Å². The van der Waals surface area contributed by atoms with Crippen molar-refractivity contribution in [2.75, 3.05) is 37.8 Å². The first kappa shape index (κ1) is 18.9. The maximum Gasteiger partial charge on any atom is 0.229 e. The quantitative estimate of drug-likeness (QED) is 0.789. The third-order valence-electron chi connectivity index (χ3n) is 6.07. The second-order valence-corrected chi connectivity index (χ2v) is 7.97. The van der Waals surface area contributed by atoms with Crippen LogP contribution in [0.25, 0.3) is 0 Å². The lowest BCUT2D eigenvalue weighted by Gasteiger charge is -2.33. The molecule has 0 bridgehead atoms. The molecule has 0 aromatic carbocycles. The van der Waals surface area contributed by atoms with Gasteiger partial charge in [0.2, 0.25) is 11.8 Å². The molecular weight excluding hydrogens is 352 g/mol. The summed E-state index contributed by atoms with van der Waals surface area (Å²) in [5.41, 5.74) is 8.19. The molecule has 4 rings (SSSR count). The molecule has 1 aliphatic carbocycles. The van der Waals surface area contributed by atoms with E-state index in [1.54, 1.807) is 19.4 Å². The lowest BCUT2D eigenvalue weighted by Crippen LogP contribution is -2.36. The summed E-state index contributed by atoms with van der Waals surface area (Å²) < 4.78 is 5.14. The van der Waals surface area contributed by atoms with Crippen molar-refractivity contribution >= 4 is 17.5 Å². The highest BCUT2D eigenvalue weighted by atomic mass is 16.5. The molecule has 2 aliphatic rings. The summed E-state index contributed by atoms with van der Waals surface area (Å²) in [6.45, 7) is 3.58. The summed E-state index contributed by atoms with van der Waals surface area (Å²) in [6, 6.07) is 3.64. The number of methoxy groups -OCH3 is 1. The Balaban J connectivity index is 1.35. The Morgan fingerprint density at radius 2 is 1.96 bits per heavy atom. The van der Waals surface area contributed by atoms with Gasteiger partial charge in [0, 0.05) is 36.3 Å². The van der Waals surface area contributed by atoms with Crippen LogP contribution in [0.5, 0.6) is 5.88 Å². The van der Waals surface area contributed by atoms with Gasteiger partial charge >= 0.3 is 0 Å². The Bertz CT molecular complexity index is 784. The van der Waals surface area contributed by atoms with E-state index in [0.29, 0.717) is 23.6 Å². The van der Waals surface area contributed by atoms with Gasteiger partial charge in [0.15, 0.2) is 0 Å². The van der Waals surface area contributed by atoms with Crippen LogP contribution in [0.4, 0.5) is 17.5 Å². The molecule has 7 nitrogen and oxygen atoms in total. The van der Waals surface area contributed by atoms with Gasteiger partial charge in [-0.15, -0.1) is 0 Å². The highest BCUT2D eigenvalue weighted by Crippen LogP contribution is 2.33. The summed E-state index contributed by atoms with van der Waals surface area (Å²) >= 11 is 0. The fraction of sp³-hybridized carbons (Fsp3) is 0.571. The molecule has 3 N–H and O–H groups in total. The molecular formula is C21H30N6O. The minimum atomic E-state index is 0.454. The standard InChI is InChI=1S/C21H30N6O/c1-28-19-12-17(6-9-23-19)25-21-24-13-18(20(22)26-21)16-7-10-27(11-8-16)14-15-4-2-3-5-15/h6,9,12-13,15-16H,2-5,7-8,10-11,14H2,1H3,(H3,22,23,24,25,26). The maximum atomic E-state index is 6.29. The number of piperidine rings is 1. The predicted molar refractivity (Wildman–Crippen MR) is 111 cm³/mol. The molecule has 0 atom stereocenters. The van der Waals surface area contributed by atoms with E-state index in [0.717, 1.165) is 43.1 Å². The molecule has 2 aromatic rings. The lowest BCUT2D eigenvalue weighted by atomic mass is 9.90. The number of rotatable bonds is 6. The molecule has 3 heterocycles. The van der Waals surface area contributed by atoms with Gasteiger partial charge in [-0.05, 0) is 56.7 Å². The molecule has 0 radical (unpaired) electrons. The van der Waals surface area contributed by atoms with E-state index in [1.165, 1.54) is 32.2 Å². The van der Waals surface area contributed by atoms with Gasteiger partial charge in [-0.2, -0.15) is 4.98 Å². The van der Waals surface area contributed by atoms with Crippen molar-refractivity contribution in [1.82, 2.24) is 19.9 Å². The highest BCUT2D eigenvalue weighted by molar-refractivity contribution is 5.56. The predicted octanol–water partition coefficient (Wildman–Crippen LogP) is 3.58. The number of aromatic nitrogens is 3. The van der Waals surface area contributed by atoms with Gasteiger partial charge < -0.3 is 20.7 Å². The molecule has 2 fully saturated rings. The second kappa shape index (κ2) is 8.73. The number of hydrogen-bond acceptors (Lipinski definition) is 7. The SMILES string of the molecule is COc1cc(Nc2ncc(C3CCN(CC4CCCC4)CC3)c(N)n2)ccn1. The van der Waals surface area contributed by atoms with Gasteiger partial charge in [0.1, 0.15) is 5.82 Å². The van der Waals surface area contributed by atoms with E-state index in [-0.39, 0.29) is 0 Å². The van der Waals surface area contributed by atoms with Crippen molar-refractivity contribution in [2.24, 2.45) is 5.92 Å². The Kier molecular flexibility index (Phi) is 5.90. The number of pyridine rings is 1. The normalized spacial score (nSPS) is 19.0. The number of nitrogens with zero attached hydrogens (tertiary/aromatic N) is 4. The van der Waals surface area contributed by atoms with Crippen LogP contribution in [0.1, 0.15) is 50.0 Å². The van der Waals surface area contributed by atoms with Crippen LogP contribution in [-0.4, -0.2) is 46.6 Å². The zero-order valence-corrected chi connectivity index (χ0v) is 16.6. The Morgan fingerprint density at radius 3 is 2.68 bits per heavy atom. The zero-order chi connectivity index (χ0) is 19.3. The first-order chi connectivity index (χ1) is 13.7. The number of nitrogens with two attached hydrogens (primary N) is 1. The van der Waals surface area contributed by atoms with E-state index in [1.807, 2.05) is 12.3 Å². The van der Waals surface area contributed by atoms with Crippen molar-refractivity contribution in [1.29, 1.82) is 0 Å². The molecule has 0 unspecified atom stereocenters. The van der Waals surface area contributed by atoms with Crippen LogP contribution in [0.3, 0.4) is 0 Å². The van der Waals surface area contributed by atoms with Gasteiger partial charge in [-0.3, -0.25) is 0 Å². The number of nitrogen functional groups attached to an aromatic ring is 1. The minimum Gasteiger partial charge on any atom is -0.481 e. The summed E-state index contributed by atoms with van der Waals surface area (Å²) in [4.78, 5) is 15.7. The Hall–Kier alpha value is -2.41. The fourth-order valence-electron chi connectivity index (χ4n) is 4.49. The maximum absolute atomic E-state index is 6.29. The highest BCUT2D eigenvalue weighted by Gasteiger charge is 2.25. The molecule has 1 aliphatic heterocycles. The molecule has 0 spiro atoms. The van der Waals surface area contributed by atoms with Gasteiger partial charge in [0.25, 0.3) is 0 Å². The van der Waals surface area contributed by atoms with Crippen molar-refractivity contribution in [3.8, 4) is 5.88 Å². The van der Waals surface area contributed by atoms with Crippen molar-refractivity contribution < 1.29 is 4.74 Å². The van der Waals surface area contributed by atoms with Gasteiger partial charge in [-0.1, -0.05) is 12.8 Å². The zero-order valence-electron chi connectivity index (χ0n) is 16.6. The first-order valence-corrected chi connectivity index (χ1v) is 10.3. The molecule has 7 heteroatoms. The lowest BCUT2D eigenvalue weighted by molar-refractivity contribution is 0.183. The van der Waals surface area contributed by atoms with E-state index < -0.39 is 0 Å². The topological polar surface area (TPSA) is 89.2 Å². The summed E-state index contributed by atoms with van der Waals surface area (Å²) in [6.07, 6.45) is 11.5. The summed E-state index contributed by atoms with van der Waals surface area (Å²) in [5.74, 6) is 2.98. The van der Waals surface area contributed by atoms with Crippen LogP contribution in [0, 0.1) is 5.92 Å². The van der Waals surface area contributed by atoms with Crippen LogP contribution < -0.4 is 15.8 Å². The van der Waals surface area contributed by atoms with Crippen LogP contribution in [0.15, 0.2) is 24.5 Å². The number of ether oxygens (including phenoxy) is 1. The average molecular weight is 383 g/mol. The number of likely N-dealkylation sites (tertiary alicyclic amines) is 1. The monoisotopic (exact) mass is 382 g/mol. The van der Waals surface area contributed by atoms with Crippen molar-refractivity contribution in [3.63, 3.8) is 0 Å². The molecule has 28 heavy (non-hydrogen) atoms. The van der Waals surface area contributed by atoms with Gasteiger partial charge in [0.05, 0.1) is 7.11 Å². The number of anilines is 3. The molecule has 0 amide bonds. The number of nitrogens with one attached hydrogen (secondary N) is 1. The van der Waals surface area contributed by atoms with Crippen LogP contribution in [0.2, 0.25) is 0 Å². The summed E-state index contributed by atoms with van der Waals surface area (Å²) in [7, 11) is 1.59. The third kappa shape index (κ3) is 4.52. The smallest absolute Gasteiger partial charge is 0.229 e. The molecule has 1 saturated carbocycles. The first-order valence-electron chi connectivity index (χ1n) is 10.3. The third-order valence-corrected chi connectivity index (χ3v) is 6.07. The van der Waals surface area contributed by atoms with Crippen molar-refractivity contribution in [2.45, 2.75) is 44.4 Å². The Morgan fingerprint density at radius 1 is 1.18 bits per heavy atom. The van der Waals surface area contributed by atoms with E-state index in [9.17, 15) is 0 Å². The molecule has 150 valence electrons. The Labute approximate surface area is 166 Å². The number of hydrogen-bond donors (Lipinski definition) is 2. The average Bonchev–Trinajstić information content (AvgIpc) is 3.22.